The molecule has 1 aliphatic heterocycles. The predicted octanol–water partition coefficient (Wildman–Crippen LogP) is 4.70. The molecule has 1 aromatic carbocycles. The lowest BCUT2D eigenvalue weighted by molar-refractivity contribution is 0.102. The van der Waals surface area contributed by atoms with Crippen LogP contribution in [0, 0.1) is 0 Å². The number of methoxy groups -OCH3 is 1. The minimum atomic E-state index is -3.79. The zero-order chi connectivity index (χ0) is 22.0. The van der Waals surface area contributed by atoms with Crippen molar-refractivity contribution >= 4 is 43.7 Å². The second-order valence-electron chi connectivity index (χ2n) is 7.30. The summed E-state index contributed by atoms with van der Waals surface area (Å²) >= 11 is 2.90. The molecule has 4 rings (SSSR count). The molecule has 1 atom stereocenters. The van der Waals surface area contributed by atoms with E-state index in [1.54, 1.807) is 17.4 Å². The Hall–Kier alpha value is -2.27. The van der Waals surface area contributed by atoms with Crippen LogP contribution in [0.15, 0.2) is 46.0 Å². The van der Waals surface area contributed by atoms with Gasteiger partial charge < -0.3 is 4.74 Å². The first-order chi connectivity index (χ1) is 14.9. The van der Waals surface area contributed by atoms with Crippen molar-refractivity contribution in [3.05, 3.63) is 46.7 Å². The number of aromatic nitrogens is 1. The lowest BCUT2D eigenvalue weighted by atomic mass is 10.1. The quantitative estimate of drug-likeness (QED) is 0.556. The highest BCUT2D eigenvalue weighted by Crippen LogP contribution is 2.32. The number of amides is 1. The molecule has 0 spiro atoms. The summed E-state index contributed by atoms with van der Waals surface area (Å²) in [6.07, 6.45) is 2.65. The van der Waals surface area contributed by atoms with Crippen molar-refractivity contribution in [2.45, 2.75) is 37.1 Å². The maximum Gasteiger partial charge on any atom is 0.257 e. The number of ether oxygens (including phenoxy) is 1. The number of nitrogens with one attached hydrogen (secondary N) is 1. The van der Waals surface area contributed by atoms with Gasteiger partial charge in [-0.1, -0.05) is 12.5 Å². The van der Waals surface area contributed by atoms with Gasteiger partial charge in [-0.25, -0.2) is 13.4 Å². The number of rotatable bonds is 6. The highest BCUT2D eigenvalue weighted by molar-refractivity contribution is 7.89. The van der Waals surface area contributed by atoms with Crippen LogP contribution in [0.3, 0.4) is 0 Å². The topological polar surface area (TPSA) is 88.6 Å². The Balaban J connectivity index is 1.60. The van der Waals surface area contributed by atoms with Gasteiger partial charge in [-0.2, -0.15) is 4.31 Å². The Morgan fingerprint density at radius 2 is 2.10 bits per heavy atom. The van der Waals surface area contributed by atoms with Crippen molar-refractivity contribution in [2.75, 3.05) is 19.0 Å². The van der Waals surface area contributed by atoms with Crippen molar-refractivity contribution < 1.29 is 17.9 Å². The zero-order valence-corrected chi connectivity index (χ0v) is 19.6. The third-order valence-corrected chi connectivity index (χ3v) is 8.94. The zero-order valence-electron chi connectivity index (χ0n) is 17.2. The number of thiophene rings is 1. The largest absolute Gasteiger partial charge is 0.495 e. The number of piperidine rings is 1. The number of carbonyl (C=O) groups excluding carboxylic acids is 1. The summed E-state index contributed by atoms with van der Waals surface area (Å²) in [6, 6.07) is 8.29. The number of anilines is 1. The van der Waals surface area contributed by atoms with Gasteiger partial charge in [0.25, 0.3) is 5.91 Å². The second-order valence-corrected chi connectivity index (χ2v) is 11.0. The molecule has 0 radical (unpaired) electrons. The molecule has 0 saturated carbocycles. The molecule has 2 aromatic heterocycles. The minimum Gasteiger partial charge on any atom is -0.495 e. The van der Waals surface area contributed by atoms with Crippen LogP contribution in [0.25, 0.3) is 10.6 Å². The summed E-state index contributed by atoms with van der Waals surface area (Å²) in [5, 5.41) is 7.07. The van der Waals surface area contributed by atoms with Crippen molar-refractivity contribution in [2.24, 2.45) is 0 Å². The summed E-state index contributed by atoms with van der Waals surface area (Å²) in [6.45, 7) is 2.38. The molecule has 0 bridgehead atoms. The number of benzene rings is 1. The van der Waals surface area contributed by atoms with Crippen LogP contribution in [0.1, 0.15) is 36.5 Å². The first-order valence-electron chi connectivity index (χ1n) is 9.91. The molecule has 7 nitrogen and oxygen atoms in total. The number of nitrogens with zero attached hydrogens (tertiary/aromatic N) is 2. The molecule has 10 heteroatoms. The average Bonchev–Trinajstić information content (AvgIpc) is 3.45. The normalized spacial score (nSPS) is 17.4. The van der Waals surface area contributed by atoms with Gasteiger partial charge in [0, 0.05) is 23.5 Å². The maximum atomic E-state index is 13.4. The molecule has 1 saturated heterocycles. The molecule has 1 aliphatic rings. The van der Waals surface area contributed by atoms with Gasteiger partial charge in [-0.15, -0.1) is 22.7 Å². The van der Waals surface area contributed by atoms with E-state index in [1.165, 1.54) is 34.9 Å². The molecule has 1 N–H and O–H groups in total. The van der Waals surface area contributed by atoms with E-state index in [1.807, 2.05) is 29.8 Å². The molecule has 1 fully saturated rings. The van der Waals surface area contributed by atoms with Crippen molar-refractivity contribution in [1.29, 1.82) is 0 Å². The van der Waals surface area contributed by atoms with Crippen LogP contribution in [-0.2, 0) is 10.0 Å². The summed E-state index contributed by atoms with van der Waals surface area (Å²) in [5.74, 6) is -0.193. The Morgan fingerprint density at radius 3 is 2.81 bits per heavy atom. The van der Waals surface area contributed by atoms with E-state index < -0.39 is 15.9 Å². The molecular weight excluding hydrogens is 454 g/mol. The fourth-order valence-corrected chi connectivity index (χ4v) is 6.96. The fraction of sp³-hybridized carbons (Fsp3) is 0.333. The number of thiazole rings is 1. The highest BCUT2D eigenvalue weighted by Gasteiger charge is 2.33. The van der Waals surface area contributed by atoms with Crippen LogP contribution in [0.4, 0.5) is 5.13 Å². The van der Waals surface area contributed by atoms with E-state index in [0.717, 1.165) is 29.8 Å². The Kier molecular flexibility index (Phi) is 6.42. The van der Waals surface area contributed by atoms with Gasteiger partial charge in [0.1, 0.15) is 10.6 Å². The maximum absolute atomic E-state index is 13.4. The molecule has 0 aliphatic carbocycles. The Morgan fingerprint density at radius 1 is 1.26 bits per heavy atom. The van der Waals surface area contributed by atoms with Crippen molar-refractivity contribution in [3.8, 4) is 16.3 Å². The van der Waals surface area contributed by atoms with Crippen LogP contribution in [-0.4, -0.2) is 43.3 Å². The van der Waals surface area contributed by atoms with Gasteiger partial charge >= 0.3 is 0 Å². The van der Waals surface area contributed by atoms with E-state index in [4.69, 9.17) is 4.74 Å². The molecular formula is C21H23N3O4S3. The van der Waals surface area contributed by atoms with Crippen LogP contribution < -0.4 is 10.1 Å². The van der Waals surface area contributed by atoms with Crippen LogP contribution >= 0.6 is 22.7 Å². The van der Waals surface area contributed by atoms with Crippen LogP contribution in [0.5, 0.6) is 5.75 Å². The predicted molar refractivity (Wildman–Crippen MR) is 124 cm³/mol. The molecule has 3 aromatic rings. The first kappa shape index (κ1) is 21.9. The molecule has 1 amide bonds. The standard InChI is InChI=1S/C21H23N3O4S3/c1-14-6-3-4-10-24(14)31(26,27)19-12-15(8-9-17(19)28-2)20(25)23-21-22-16(13-30-21)18-7-5-11-29-18/h5,7-9,11-14H,3-4,6,10H2,1-2H3,(H,22,23,25)/t14-/m0/s1. The lowest BCUT2D eigenvalue weighted by Crippen LogP contribution is -2.42. The van der Waals surface area contributed by atoms with Crippen LogP contribution in [0.2, 0.25) is 0 Å². The van der Waals surface area contributed by atoms with Gasteiger partial charge in [0.2, 0.25) is 10.0 Å². The molecule has 3 heterocycles. The third kappa shape index (κ3) is 4.52. The van der Waals surface area contributed by atoms with Gasteiger partial charge in [-0.3, -0.25) is 10.1 Å². The minimum absolute atomic E-state index is 0.00909. The van der Waals surface area contributed by atoms with Crippen molar-refractivity contribution in [1.82, 2.24) is 9.29 Å². The van der Waals surface area contributed by atoms with E-state index in [-0.39, 0.29) is 22.3 Å². The third-order valence-electron chi connectivity index (χ3n) is 5.25. The number of carbonyl (C=O) groups is 1. The van der Waals surface area contributed by atoms with E-state index in [9.17, 15) is 13.2 Å². The SMILES string of the molecule is COc1ccc(C(=O)Nc2nc(-c3cccs3)cs2)cc1S(=O)(=O)N1CCCC[C@@H]1C. The smallest absolute Gasteiger partial charge is 0.257 e. The number of sulfonamides is 1. The van der Waals surface area contributed by atoms with E-state index in [2.05, 4.69) is 10.3 Å². The average molecular weight is 478 g/mol. The first-order valence-corrected chi connectivity index (χ1v) is 13.1. The van der Waals surface area contributed by atoms with Gasteiger partial charge in [-0.05, 0) is 49.4 Å². The van der Waals surface area contributed by atoms with Crippen molar-refractivity contribution in [3.63, 3.8) is 0 Å². The number of hydrogen-bond donors (Lipinski definition) is 1. The summed E-state index contributed by atoms with van der Waals surface area (Å²) in [5.41, 5.74) is 1.03. The second kappa shape index (κ2) is 9.07. The fourth-order valence-electron chi connectivity index (χ4n) is 3.61. The molecule has 31 heavy (non-hydrogen) atoms. The van der Waals surface area contributed by atoms with Gasteiger partial charge in [0.15, 0.2) is 5.13 Å². The molecule has 0 unspecified atom stereocenters. The summed E-state index contributed by atoms with van der Waals surface area (Å²) < 4.78 is 33.5. The van der Waals surface area contributed by atoms with E-state index in [0.29, 0.717) is 11.7 Å². The summed E-state index contributed by atoms with van der Waals surface area (Å²) in [4.78, 5) is 18.3. The van der Waals surface area contributed by atoms with E-state index >= 15 is 0 Å². The monoisotopic (exact) mass is 477 g/mol. The summed E-state index contributed by atoms with van der Waals surface area (Å²) in [7, 11) is -2.37. The van der Waals surface area contributed by atoms with Gasteiger partial charge in [0.05, 0.1) is 17.7 Å². The molecule has 164 valence electrons. The Bertz CT molecular complexity index is 1170. The lowest BCUT2D eigenvalue weighted by Gasteiger charge is -2.32. The highest BCUT2D eigenvalue weighted by atomic mass is 32.2. The number of hydrogen-bond acceptors (Lipinski definition) is 7. The Labute approximate surface area is 189 Å².